The van der Waals surface area contributed by atoms with Crippen molar-refractivity contribution in [3.05, 3.63) is 24.3 Å². The number of amides is 1. The van der Waals surface area contributed by atoms with Crippen LogP contribution in [0.15, 0.2) is 24.3 Å². The lowest BCUT2D eigenvalue weighted by Gasteiger charge is -2.22. The second-order valence-electron chi connectivity index (χ2n) is 16.4. The van der Waals surface area contributed by atoms with Crippen LogP contribution in [0.1, 0.15) is 251 Å². The summed E-state index contributed by atoms with van der Waals surface area (Å²) < 4.78 is 5.44. The quantitative estimate of drug-likeness (QED) is 0.0325. The zero-order valence-corrected chi connectivity index (χ0v) is 36.7. The molecule has 0 saturated heterocycles. The van der Waals surface area contributed by atoms with Crippen molar-refractivity contribution in [1.82, 2.24) is 5.32 Å². The Morgan fingerprint density at radius 1 is 0.491 bits per heavy atom. The lowest BCUT2D eigenvalue weighted by Crippen LogP contribution is -2.45. The number of unbranched alkanes of at least 4 members (excludes halogenated alkanes) is 29. The highest BCUT2D eigenvalue weighted by molar-refractivity contribution is 5.76. The minimum atomic E-state index is -0.683. The van der Waals surface area contributed by atoms with Gasteiger partial charge in [-0.15, -0.1) is 0 Å². The number of nitrogens with one attached hydrogen (secondary N) is 1. The van der Waals surface area contributed by atoms with E-state index in [4.69, 9.17) is 4.74 Å². The molecule has 0 rings (SSSR count). The number of esters is 1. The molecule has 0 aliphatic rings. The van der Waals surface area contributed by atoms with E-state index in [0.717, 1.165) is 77.0 Å². The van der Waals surface area contributed by atoms with Gasteiger partial charge in [-0.25, -0.2) is 0 Å². The number of carbonyl (C=O) groups is 2. The Kier molecular flexibility index (Phi) is 43.7. The van der Waals surface area contributed by atoms with Gasteiger partial charge in [-0.3, -0.25) is 9.59 Å². The van der Waals surface area contributed by atoms with Crippen LogP contribution in [0, 0.1) is 0 Å². The predicted octanol–water partition coefficient (Wildman–Crippen LogP) is 14.0. The Bertz CT molecular complexity index is 858. The first-order valence-corrected chi connectivity index (χ1v) is 24.1. The highest BCUT2D eigenvalue weighted by Gasteiger charge is 2.20. The Morgan fingerprint density at radius 2 is 0.855 bits per heavy atom. The molecule has 324 valence electrons. The maximum atomic E-state index is 12.4. The molecule has 6 heteroatoms. The number of hydrogen-bond donors (Lipinski definition) is 3. The van der Waals surface area contributed by atoms with Crippen LogP contribution in [-0.4, -0.2) is 47.4 Å². The van der Waals surface area contributed by atoms with Gasteiger partial charge in [0.2, 0.25) is 5.91 Å². The highest BCUT2D eigenvalue weighted by Crippen LogP contribution is 2.15. The maximum Gasteiger partial charge on any atom is 0.305 e. The minimum Gasteiger partial charge on any atom is -0.466 e. The molecule has 0 aromatic carbocycles. The monoisotopic (exact) mass is 776 g/mol. The van der Waals surface area contributed by atoms with Crippen LogP contribution in [0.2, 0.25) is 0 Å². The molecule has 0 bridgehead atoms. The van der Waals surface area contributed by atoms with Crippen LogP contribution in [0.25, 0.3) is 0 Å². The molecule has 0 spiro atoms. The molecular weight excluding hydrogens is 683 g/mol. The van der Waals surface area contributed by atoms with Gasteiger partial charge in [-0.1, -0.05) is 186 Å². The molecule has 0 aliphatic heterocycles. The largest absolute Gasteiger partial charge is 0.466 e. The zero-order chi connectivity index (χ0) is 40.1. The van der Waals surface area contributed by atoms with Gasteiger partial charge < -0.3 is 20.3 Å². The lowest BCUT2D eigenvalue weighted by molar-refractivity contribution is -0.143. The number of allylic oxidation sites excluding steroid dienone is 4. The summed E-state index contributed by atoms with van der Waals surface area (Å²) >= 11 is 0. The SMILES string of the molecule is CCCCCCCC/C=C\CCCCCCCCCCCC(=O)OCCCC/C=C\CCCCCCC(=O)NC(CO)C(O)CCCCCCCCCCC. The van der Waals surface area contributed by atoms with E-state index >= 15 is 0 Å². The predicted molar refractivity (Wildman–Crippen MR) is 236 cm³/mol. The van der Waals surface area contributed by atoms with Crippen molar-refractivity contribution in [1.29, 1.82) is 0 Å². The minimum absolute atomic E-state index is 0.0378. The van der Waals surface area contributed by atoms with Gasteiger partial charge in [0.15, 0.2) is 0 Å². The number of aliphatic hydroxyl groups excluding tert-OH is 2. The summed E-state index contributed by atoms with van der Waals surface area (Å²) in [5, 5.41) is 23.0. The zero-order valence-electron chi connectivity index (χ0n) is 36.7. The van der Waals surface area contributed by atoms with Crippen LogP contribution >= 0.6 is 0 Å². The van der Waals surface area contributed by atoms with Crippen LogP contribution in [0.5, 0.6) is 0 Å². The first kappa shape index (κ1) is 53.3. The standard InChI is InChI=1S/C49H93NO5/c1-3-5-7-9-11-13-14-15-16-17-18-19-20-21-22-27-31-35-39-43-49(54)55-44-40-36-32-28-24-23-26-30-34-38-42-48(53)50-46(45-51)47(52)41-37-33-29-25-12-10-8-6-4-2/h15-16,24,28,46-47,51-52H,3-14,17-23,25-27,29-45H2,1-2H3,(H,50,53)/b16-15-,28-24-. The molecule has 3 N–H and O–H groups in total. The third-order valence-corrected chi connectivity index (χ3v) is 11.0. The highest BCUT2D eigenvalue weighted by atomic mass is 16.5. The average molecular weight is 776 g/mol. The lowest BCUT2D eigenvalue weighted by atomic mass is 10.0. The maximum absolute atomic E-state index is 12.4. The van der Waals surface area contributed by atoms with Crippen LogP contribution < -0.4 is 5.32 Å². The molecule has 0 heterocycles. The van der Waals surface area contributed by atoms with Crippen molar-refractivity contribution >= 4 is 11.9 Å². The fraction of sp³-hybridized carbons (Fsp3) is 0.878. The molecule has 1 amide bonds. The molecular formula is C49H93NO5. The van der Waals surface area contributed by atoms with Gasteiger partial charge in [0.1, 0.15) is 0 Å². The molecule has 0 radical (unpaired) electrons. The smallest absolute Gasteiger partial charge is 0.305 e. The number of aliphatic hydroxyl groups is 2. The summed E-state index contributed by atoms with van der Waals surface area (Å²) in [7, 11) is 0. The fourth-order valence-electron chi connectivity index (χ4n) is 7.21. The molecule has 2 unspecified atom stereocenters. The summed E-state index contributed by atoms with van der Waals surface area (Å²) in [5.41, 5.74) is 0. The number of carbonyl (C=O) groups excluding carboxylic acids is 2. The number of ether oxygens (including phenoxy) is 1. The van der Waals surface area contributed by atoms with Crippen LogP contribution in [-0.2, 0) is 14.3 Å². The number of hydrogen-bond acceptors (Lipinski definition) is 5. The van der Waals surface area contributed by atoms with Crippen molar-refractivity contribution in [2.45, 2.75) is 264 Å². The third kappa shape index (κ3) is 41.8. The van der Waals surface area contributed by atoms with Crippen molar-refractivity contribution in [3.63, 3.8) is 0 Å². The summed E-state index contributed by atoms with van der Waals surface area (Å²) in [5.74, 6) is -0.112. The van der Waals surface area contributed by atoms with E-state index in [9.17, 15) is 19.8 Å². The molecule has 55 heavy (non-hydrogen) atoms. The van der Waals surface area contributed by atoms with E-state index in [-0.39, 0.29) is 18.5 Å². The normalized spacial score (nSPS) is 12.9. The van der Waals surface area contributed by atoms with Crippen LogP contribution in [0.4, 0.5) is 0 Å². The van der Waals surface area contributed by atoms with E-state index in [2.05, 4.69) is 43.5 Å². The first-order valence-electron chi connectivity index (χ1n) is 24.1. The first-order chi connectivity index (χ1) is 27.0. The molecule has 2 atom stereocenters. The Hall–Kier alpha value is -1.66. The van der Waals surface area contributed by atoms with Crippen molar-refractivity contribution in [2.75, 3.05) is 13.2 Å². The average Bonchev–Trinajstić information content (AvgIpc) is 3.18. The molecule has 6 nitrogen and oxygen atoms in total. The van der Waals surface area contributed by atoms with Gasteiger partial charge >= 0.3 is 5.97 Å². The fourth-order valence-corrected chi connectivity index (χ4v) is 7.21. The van der Waals surface area contributed by atoms with E-state index in [1.54, 1.807) is 0 Å². The van der Waals surface area contributed by atoms with Crippen molar-refractivity contribution in [2.24, 2.45) is 0 Å². The van der Waals surface area contributed by atoms with Crippen molar-refractivity contribution < 1.29 is 24.5 Å². The van der Waals surface area contributed by atoms with Gasteiger partial charge in [0.25, 0.3) is 0 Å². The Morgan fingerprint density at radius 3 is 1.29 bits per heavy atom. The Labute approximate surface area is 341 Å². The Balaban J connectivity index is 3.49. The molecule has 0 saturated carbocycles. The second kappa shape index (κ2) is 45.0. The van der Waals surface area contributed by atoms with E-state index < -0.39 is 12.1 Å². The van der Waals surface area contributed by atoms with E-state index in [0.29, 0.717) is 25.9 Å². The van der Waals surface area contributed by atoms with Gasteiger partial charge in [0, 0.05) is 12.8 Å². The summed E-state index contributed by atoms with van der Waals surface area (Å²) in [6, 6.07) is -0.564. The third-order valence-electron chi connectivity index (χ3n) is 11.0. The van der Waals surface area contributed by atoms with Gasteiger partial charge in [-0.05, 0) is 77.0 Å². The van der Waals surface area contributed by atoms with Crippen molar-refractivity contribution in [3.8, 4) is 0 Å². The van der Waals surface area contributed by atoms with Gasteiger partial charge in [0.05, 0.1) is 25.4 Å². The summed E-state index contributed by atoms with van der Waals surface area (Å²) in [6.45, 7) is 4.83. The molecule has 0 aliphatic carbocycles. The van der Waals surface area contributed by atoms with Crippen LogP contribution in [0.3, 0.4) is 0 Å². The number of rotatable bonds is 44. The molecule has 0 aromatic rings. The molecule has 0 fully saturated rings. The van der Waals surface area contributed by atoms with E-state index in [1.807, 2.05) is 0 Å². The molecule has 0 aromatic heterocycles. The summed E-state index contributed by atoms with van der Waals surface area (Å²) in [6.07, 6.45) is 51.5. The topological polar surface area (TPSA) is 95.9 Å². The second-order valence-corrected chi connectivity index (χ2v) is 16.4. The van der Waals surface area contributed by atoms with E-state index in [1.165, 1.54) is 141 Å². The summed E-state index contributed by atoms with van der Waals surface area (Å²) in [4.78, 5) is 24.4. The van der Waals surface area contributed by atoms with Gasteiger partial charge in [-0.2, -0.15) is 0 Å².